The molecule has 0 radical (unpaired) electrons. The largest absolute Gasteiger partial charge is 0.383 e. The Morgan fingerprint density at radius 1 is 1.50 bits per heavy atom. The first-order valence-electron chi connectivity index (χ1n) is 7.64. The molecule has 1 aromatic rings. The van der Waals surface area contributed by atoms with E-state index in [0.29, 0.717) is 38.5 Å². The number of nitrogens with zero attached hydrogens (tertiary/aromatic N) is 3. The van der Waals surface area contributed by atoms with Gasteiger partial charge in [-0.05, 0) is 12.5 Å². The van der Waals surface area contributed by atoms with Crippen LogP contribution < -0.4 is 0 Å². The van der Waals surface area contributed by atoms with Crippen molar-refractivity contribution < 1.29 is 19.0 Å². The van der Waals surface area contributed by atoms with Gasteiger partial charge in [0.15, 0.2) is 0 Å². The summed E-state index contributed by atoms with van der Waals surface area (Å²) in [5.74, 6) is -0.0371. The molecule has 3 heterocycles. The number of aromatic nitrogens is 2. The van der Waals surface area contributed by atoms with Crippen molar-refractivity contribution in [2.24, 2.45) is 0 Å². The fourth-order valence-corrected chi connectivity index (χ4v) is 3.14. The molecule has 7 nitrogen and oxygen atoms in total. The topological polar surface area (TPSA) is 65.8 Å². The van der Waals surface area contributed by atoms with Crippen molar-refractivity contribution in [3.8, 4) is 0 Å². The standard InChI is InChI=1S/C15H23N3O4/c1-20-8-6-18-5-3-13(16-18)14(19)17-10-15(11-17)9-12(21-2)4-7-22-15/h3,5,12H,4,6-11H2,1-2H3/t12-/m0/s1. The van der Waals surface area contributed by atoms with Crippen LogP contribution in [0.3, 0.4) is 0 Å². The highest BCUT2D eigenvalue weighted by molar-refractivity contribution is 5.93. The van der Waals surface area contributed by atoms with Crippen LogP contribution in [0, 0.1) is 0 Å². The third-order valence-corrected chi connectivity index (χ3v) is 4.41. The fourth-order valence-electron chi connectivity index (χ4n) is 3.14. The Kier molecular flexibility index (Phi) is 4.46. The first-order chi connectivity index (χ1) is 10.7. The lowest BCUT2D eigenvalue weighted by atomic mass is 9.84. The number of carbonyl (C=O) groups excluding carboxylic acids is 1. The molecule has 2 aliphatic rings. The zero-order chi connectivity index (χ0) is 15.6. The summed E-state index contributed by atoms with van der Waals surface area (Å²) in [6, 6.07) is 1.75. The number of likely N-dealkylation sites (tertiary alicyclic amines) is 1. The molecule has 1 atom stereocenters. The number of methoxy groups -OCH3 is 2. The molecule has 0 aliphatic carbocycles. The molecule has 7 heteroatoms. The minimum atomic E-state index is -0.215. The lowest BCUT2D eigenvalue weighted by molar-refractivity contribution is -0.182. The van der Waals surface area contributed by atoms with Crippen LogP contribution >= 0.6 is 0 Å². The monoisotopic (exact) mass is 309 g/mol. The van der Waals surface area contributed by atoms with Gasteiger partial charge in [0.25, 0.3) is 5.91 Å². The van der Waals surface area contributed by atoms with Crippen molar-refractivity contribution in [3.05, 3.63) is 18.0 Å². The minimum Gasteiger partial charge on any atom is -0.383 e. The van der Waals surface area contributed by atoms with Crippen LogP contribution in [0.25, 0.3) is 0 Å². The highest BCUT2D eigenvalue weighted by Gasteiger charge is 2.49. The van der Waals surface area contributed by atoms with E-state index in [2.05, 4.69) is 5.10 Å². The maximum Gasteiger partial charge on any atom is 0.274 e. The van der Waals surface area contributed by atoms with Crippen LogP contribution in [-0.2, 0) is 20.8 Å². The smallest absolute Gasteiger partial charge is 0.274 e. The van der Waals surface area contributed by atoms with Gasteiger partial charge in [0.1, 0.15) is 11.3 Å². The van der Waals surface area contributed by atoms with Gasteiger partial charge in [-0.25, -0.2) is 0 Å². The van der Waals surface area contributed by atoms with Crippen molar-refractivity contribution in [3.63, 3.8) is 0 Å². The van der Waals surface area contributed by atoms with E-state index in [1.165, 1.54) is 0 Å². The van der Waals surface area contributed by atoms with E-state index >= 15 is 0 Å². The lowest BCUT2D eigenvalue weighted by Crippen LogP contribution is -2.67. The summed E-state index contributed by atoms with van der Waals surface area (Å²) in [6.07, 6.45) is 3.82. The Bertz CT molecular complexity index is 525. The summed E-state index contributed by atoms with van der Waals surface area (Å²) in [4.78, 5) is 14.2. The van der Waals surface area contributed by atoms with Gasteiger partial charge in [0, 0.05) is 33.4 Å². The Hall–Kier alpha value is -1.44. The lowest BCUT2D eigenvalue weighted by Gasteiger charge is -2.52. The third kappa shape index (κ3) is 3.02. The van der Waals surface area contributed by atoms with Crippen molar-refractivity contribution in [2.45, 2.75) is 31.1 Å². The van der Waals surface area contributed by atoms with Gasteiger partial charge in [-0.1, -0.05) is 0 Å². The zero-order valence-corrected chi connectivity index (χ0v) is 13.2. The molecule has 0 saturated carbocycles. The highest BCUT2D eigenvalue weighted by atomic mass is 16.5. The van der Waals surface area contributed by atoms with Crippen LogP contribution in [0.15, 0.2) is 12.3 Å². The molecule has 2 aliphatic heterocycles. The van der Waals surface area contributed by atoms with Gasteiger partial charge < -0.3 is 19.1 Å². The molecule has 22 heavy (non-hydrogen) atoms. The van der Waals surface area contributed by atoms with Crippen molar-refractivity contribution in [1.82, 2.24) is 14.7 Å². The Balaban J connectivity index is 1.55. The molecule has 1 spiro atoms. The Labute approximate surface area is 130 Å². The summed E-state index contributed by atoms with van der Waals surface area (Å²) < 4.78 is 18.1. The second-order valence-electron chi connectivity index (χ2n) is 6.00. The van der Waals surface area contributed by atoms with Crippen molar-refractivity contribution >= 4 is 5.91 Å². The molecule has 1 amide bonds. The van der Waals surface area contributed by atoms with E-state index in [-0.39, 0.29) is 17.6 Å². The van der Waals surface area contributed by atoms with Crippen LogP contribution in [-0.4, -0.2) is 72.8 Å². The summed E-state index contributed by atoms with van der Waals surface area (Å²) in [5, 5.41) is 4.30. The maximum atomic E-state index is 12.4. The molecular weight excluding hydrogens is 286 g/mol. The van der Waals surface area contributed by atoms with Gasteiger partial charge >= 0.3 is 0 Å². The molecule has 3 rings (SSSR count). The van der Waals surface area contributed by atoms with E-state index in [4.69, 9.17) is 14.2 Å². The Morgan fingerprint density at radius 2 is 2.32 bits per heavy atom. The van der Waals surface area contributed by atoms with Gasteiger partial charge in [-0.15, -0.1) is 0 Å². The minimum absolute atomic E-state index is 0.0371. The number of rotatable bonds is 5. The first kappa shape index (κ1) is 15.5. The van der Waals surface area contributed by atoms with Crippen molar-refractivity contribution in [1.29, 1.82) is 0 Å². The number of amides is 1. The molecule has 2 fully saturated rings. The summed E-state index contributed by atoms with van der Waals surface area (Å²) in [6.45, 7) is 3.17. The van der Waals surface area contributed by atoms with E-state index in [0.717, 1.165) is 12.8 Å². The molecule has 0 bridgehead atoms. The van der Waals surface area contributed by atoms with Crippen LogP contribution in [0.2, 0.25) is 0 Å². The van der Waals surface area contributed by atoms with Gasteiger partial charge in [-0.2, -0.15) is 5.10 Å². The average Bonchev–Trinajstić information content (AvgIpc) is 2.98. The number of ether oxygens (including phenoxy) is 3. The van der Waals surface area contributed by atoms with Crippen LogP contribution in [0.4, 0.5) is 0 Å². The van der Waals surface area contributed by atoms with Gasteiger partial charge in [0.05, 0.1) is 32.3 Å². The highest BCUT2D eigenvalue weighted by Crippen LogP contribution is 2.35. The van der Waals surface area contributed by atoms with Crippen LogP contribution in [0.1, 0.15) is 23.3 Å². The normalized spacial score (nSPS) is 23.5. The van der Waals surface area contributed by atoms with Gasteiger partial charge in [-0.3, -0.25) is 9.48 Å². The summed E-state index contributed by atoms with van der Waals surface area (Å²) in [7, 11) is 3.38. The van der Waals surface area contributed by atoms with E-state index in [1.807, 2.05) is 0 Å². The number of carbonyl (C=O) groups is 1. The molecular formula is C15H23N3O4. The number of hydrogen-bond acceptors (Lipinski definition) is 5. The second kappa shape index (κ2) is 6.36. The second-order valence-corrected chi connectivity index (χ2v) is 6.00. The predicted octanol–water partition coefficient (Wildman–Crippen LogP) is 0.549. The van der Waals surface area contributed by atoms with E-state index < -0.39 is 0 Å². The van der Waals surface area contributed by atoms with Gasteiger partial charge in [0.2, 0.25) is 0 Å². The molecule has 122 valence electrons. The zero-order valence-electron chi connectivity index (χ0n) is 13.2. The van der Waals surface area contributed by atoms with E-state index in [9.17, 15) is 4.79 Å². The number of hydrogen-bond donors (Lipinski definition) is 0. The molecule has 0 N–H and O–H groups in total. The average molecular weight is 309 g/mol. The SMILES string of the molecule is COCCn1ccc(C(=O)N2CC3(C[C@@H](OC)CCO3)C2)n1. The van der Waals surface area contributed by atoms with Crippen LogP contribution in [0.5, 0.6) is 0 Å². The third-order valence-electron chi connectivity index (χ3n) is 4.41. The summed E-state index contributed by atoms with van der Waals surface area (Å²) in [5.41, 5.74) is 0.262. The molecule has 0 aromatic carbocycles. The molecule has 0 unspecified atom stereocenters. The van der Waals surface area contributed by atoms with Crippen molar-refractivity contribution in [2.75, 3.05) is 40.5 Å². The first-order valence-corrected chi connectivity index (χ1v) is 7.64. The van der Waals surface area contributed by atoms with E-state index in [1.54, 1.807) is 36.1 Å². The predicted molar refractivity (Wildman–Crippen MR) is 78.7 cm³/mol. The Morgan fingerprint density at radius 3 is 3.05 bits per heavy atom. The quantitative estimate of drug-likeness (QED) is 0.795. The molecule has 2 saturated heterocycles. The molecule has 1 aromatic heterocycles. The maximum absolute atomic E-state index is 12.4. The summed E-state index contributed by atoms with van der Waals surface area (Å²) >= 11 is 0. The fraction of sp³-hybridized carbons (Fsp3) is 0.733.